The van der Waals surface area contributed by atoms with Gasteiger partial charge in [-0.15, -0.1) is 0 Å². The van der Waals surface area contributed by atoms with E-state index in [0.717, 1.165) is 44.1 Å². The normalized spacial score (nSPS) is 19.7. The van der Waals surface area contributed by atoms with Crippen LogP contribution in [0.2, 0.25) is 0 Å². The van der Waals surface area contributed by atoms with Crippen LogP contribution in [0.5, 0.6) is 0 Å². The molecule has 0 bridgehead atoms. The van der Waals surface area contributed by atoms with E-state index in [2.05, 4.69) is 24.1 Å². The Kier molecular flexibility index (Phi) is 5.20. The smallest absolute Gasteiger partial charge is 0.123 e. The van der Waals surface area contributed by atoms with Crippen LogP contribution in [0.15, 0.2) is 18.2 Å². The Morgan fingerprint density at radius 3 is 3.00 bits per heavy atom. The zero-order valence-corrected chi connectivity index (χ0v) is 12.1. The van der Waals surface area contributed by atoms with Crippen LogP contribution in [0.3, 0.4) is 0 Å². The highest BCUT2D eigenvalue weighted by Crippen LogP contribution is 2.27. The predicted octanol–water partition coefficient (Wildman–Crippen LogP) is 3.56. The summed E-state index contributed by atoms with van der Waals surface area (Å²) in [4.78, 5) is 2.41. The van der Waals surface area contributed by atoms with E-state index in [4.69, 9.17) is 0 Å². The maximum atomic E-state index is 13.5. The Morgan fingerprint density at radius 2 is 2.26 bits per heavy atom. The molecule has 1 fully saturated rings. The molecule has 0 amide bonds. The SMILES string of the molecule is CCCNCc1cc(F)ccc1N1CCCC(C)C1. The van der Waals surface area contributed by atoms with Crippen LogP contribution in [0, 0.1) is 11.7 Å². The quantitative estimate of drug-likeness (QED) is 0.818. The number of benzene rings is 1. The molecule has 2 rings (SSSR count). The monoisotopic (exact) mass is 264 g/mol. The van der Waals surface area contributed by atoms with Gasteiger partial charge in [-0.25, -0.2) is 4.39 Å². The van der Waals surface area contributed by atoms with Crippen molar-refractivity contribution in [2.24, 2.45) is 5.92 Å². The average Bonchev–Trinajstić information content (AvgIpc) is 2.39. The lowest BCUT2D eigenvalue weighted by atomic mass is 9.98. The van der Waals surface area contributed by atoms with Gasteiger partial charge in [0.1, 0.15) is 5.82 Å². The molecule has 1 N–H and O–H groups in total. The summed E-state index contributed by atoms with van der Waals surface area (Å²) in [7, 11) is 0. The summed E-state index contributed by atoms with van der Waals surface area (Å²) in [5.41, 5.74) is 2.29. The van der Waals surface area contributed by atoms with Crippen LogP contribution in [-0.2, 0) is 6.54 Å². The standard InChI is InChI=1S/C16H25FN2/c1-3-8-18-11-14-10-15(17)6-7-16(14)19-9-4-5-13(2)12-19/h6-7,10,13,18H,3-5,8-9,11-12H2,1-2H3. The molecule has 1 unspecified atom stereocenters. The predicted molar refractivity (Wildman–Crippen MR) is 79.0 cm³/mol. The maximum Gasteiger partial charge on any atom is 0.123 e. The summed E-state index contributed by atoms with van der Waals surface area (Å²) in [5, 5.41) is 3.38. The van der Waals surface area contributed by atoms with Gasteiger partial charge in [0.25, 0.3) is 0 Å². The second-order valence-corrected chi connectivity index (χ2v) is 5.64. The zero-order chi connectivity index (χ0) is 13.7. The average molecular weight is 264 g/mol. The number of nitrogens with one attached hydrogen (secondary N) is 1. The van der Waals surface area contributed by atoms with Crippen molar-refractivity contribution in [2.45, 2.75) is 39.7 Å². The fourth-order valence-corrected chi connectivity index (χ4v) is 2.81. The summed E-state index contributed by atoms with van der Waals surface area (Å²) in [6, 6.07) is 5.20. The van der Waals surface area contributed by atoms with Gasteiger partial charge < -0.3 is 10.2 Å². The van der Waals surface area contributed by atoms with Crippen LogP contribution >= 0.6 is 0 Å². The molecule has 0 aliphatic carbocycles. The molecular formula is C16H25FN2. The van der Waals surface area contributed by atoms with Crippen molar-refractivity contribution < 1.29 is 4.39 Å². The highest BCUT2D eigenvalue weighted by molar-refractivity contribution is 5.54. The largest absolute Gasteiger partial charge is 0.371 e. The fraction of sp³-hybridized carbons (Fsp3) is 0.625. The van der Waals surface area contributed by atoms with Gasteiger partial charge >= 0.3 is 0 Å². The van der Waals surface area contributed by atoms with Crippen LogP contribution in [-0.4, -0.2) is 19.6 Å². The molecule has 1 aromatic rings. The molecule has 1 saturated heterocycles. The number of hydrogen-bond donors (Lipinski definition) is 1. The van der Waals surface area contributed by atoms with E-state index in [1.165, 1.54) is 18.5 Å². The first kappa shape index (κ1) is 14.3. The summed E-state index contributed by atoms with van der Waals surface area (Å²) >= 11 is 0. The molecule has 0 aromatic heterocycles. The van der Waals surface area contributed by atoms with Gasteiger partial charge in [0.15, 0.2) is 0 Å². The minimum Gasteiger partial charge on any atom is -0.371 e. The van der Waals surface area contributed by atoms with E-state index in [-0.39, 0.29) is 5.82 Å². The minimum absolute atomic E-state index is 0.137. The van der Waals surface area contributed by atoms with E-state index >= 15 is 0 Å². The molecule has 2 nitrogen and oxygen atoms in total. The first-order valence-electron chi connectivity index (χ1n) is 7.44. The molecule has 0 spiro atoms. The Hall–Kier alpha value is -1.09. The third kappa shape index (κ3) is 3.93. The third-order valence-corrected chi connectivity index (χ3v) is 3.78. The van der Waals surface area contributed by atoms with Crippen LogP contribution in [0.1, 0.15) is 38.7 Å². The first-order chi connectivity index (χ1) is 9.20. The zero-order valence-electron chi connectivity index (χ0n) is 12.1. The summed E-state index contributed by atoms with van der Waals surface area (Å²) in [6.07, 6.45) is 3.65. The minimum atomic E-state index is -0.137. The molecular weight excluding hydrogens is 239 g/mol. The number of halogens is 1. The number of piperidine rings is 1. The van der Waals surface area contributed by atoms with E-state index in [0.29, 0.717) is 0 Å². The topological polar surface area (TPSA) is 15.3 Å². The Balaban J connectivity index is 2.13. The first-order valence-corrected chi connectivity index (χ1v) is 7.44. The van der Waals surface area contributed by atoms with Crippen LogP contribution < -0.4 is 10.2 Å². The Bertz CT molecular complexity index is 406. The van der Waals surface area contributed by atoms with Crippen LogP contribution in [0.25, 0.3) is 0 Å². The van der Waals surface area contributed by atoms with Crippen molar-refractivity contribution in [1.82, 2.24) is 5.32 Å². The molecule has 0 saturated carbocycles. The Labute approximate surface area is 116 Å². The van der Waals surface area contributed by atoms with Gasteiger partial charge in [0.2, 0.25) is 0 Å². The van der Waals surface area contributed by atoms with Gasteiger partial charge in [-0.05, 0) is 55.5 Å². The molecule has 1 atom stereocenters. The molecule has 3 heteroatoms. The van der Waals surface area contributed by atoms with Gasteiger partial charge in [0.05, 0.1) is 0 Å². The second-order valence-electron chi connectivity index (χ2n) is 5.64. The van der Waals surface area contributed by atoms with Crippen molar-refractivity contribution in [3.63, 3.8) is 0 Å². The molecule has 1 aromatic carbocycles. The highest BCUT2D eigenvalue weighted by Gasteiger charge is 2.19. The van der Waals surface area contributed by atoms with Crippen LogP contribution in [0.4, 0.5) is 10.1 Å². The summed E-state index contributed by atoms with van der Waals surface area (Å²) in [5.74, 6) is 0.595. The number of rotatable bonds is 5. The van der Waals surface area contributed by atoms with E-state index in [1.54, 1.807) is 12.1 Å². The Morgan fingerprint density at radius 1 is 1.42 bits per heavy atom. The molecule has 1 aliphatic rings. The number of nitrogens with zero attached hydrogens (tertiary/aromatic N) is 1. The third-order valence-electron chi connectivity index (χ3n) is 3.78. The van der Waals surface area contributed by atoms with Crippen molar-refractivity contribution in [3.8, 4) is 0 Å². The van der Waals surface area contributed by atoms with Crippen molar-refractivity contribution in [3.05, 3.63) is 29.6 Å². The second kappa shape index (κ2) is 6.90. The molecule has 1 heterocycles. The number of hydrogen-bond acceptors (Lipinski definition) is 2. The summed E-state index contributed by atoms with van der Waals surface area (Å²) < 4.78 is 13.5. The van der Waals surface area contributed by atoms with Gasteiger partial charge in [-0.1, -0.05) is 13.8 Å². The highest BCUT2D eigenvalue weighted by atomic mass is 19.1. The van der Waals surface area contributed by atoms with E-state index in [1.807, 2.05) is 6.07 Å². The lowest BCUT2D eigenvalue weighted by Gasteiger charge is -2.34. The van der Waals surface area contributed by atoms with Gasteiger partial charge in [-0.3, -0.25) is 0 Å². The maximum absolute atomic E-state index is 13.5. The lowest BCUT2D eigenvalue weighted by Crippen LogP contribution is -2.35. The molecule has 0 radical (unpaired) electrons. The number of anilines is 1. The van der Waals surface area contributed by atoms with Gasteiger partial charge in [-0.2, -0.15) is 0 Å². The van der Waals surface area contributed by atoms with E-state index in [9.17, 15) is 4.39 Å². The molecule has 1 aliphatic heterocycles. The van der Waals surface area contributed by atoms with Crippen molar-refractivity contribution in [2.75, 3.05) is 24.5 Å². The van der Waals surface area contributed by atoms with Crippen molar-refractivity contribution in [1.29, 1.82) is 0 Å². The lowest BCUT2D eigenvalue weighted by molar-refractivity contribution is 0.445. The van der Waals surface area contributed by atoms with Crippen molar-refractivity contribution >= 4 is 5.69 Å². The molecule has 106 valence electrons. The molecule has 19 heavy (non-hydrogen) atoms. The fourth-order valence-electron chi connectivity index (χ4n) is 2.81. The van der Waals surface area contributed by atoms with E-state index < -0.39 is 0 Å². The summed E-state index contributed by atoms with van der Waals surface area (Å²) in [6.45, 7) is 8.36. The van der Waals surface area contributed by atoms with Gasteiger partial charge in [0, 0.05) is 25.3 Å².